The van der Waals surface area contributed by atoms with Gasteiger partial charge in [0, 0.05) is 0 Å². The van der Waals surface area contributed by atoms with Gasteiger partial charge in [-0.2, -0.15) is 13.2 Å². The van der Waals surface area contributed by atoms with Gasteiger partial charge in [0.05, 0.1) is 6.20 Å². The van der Waals surface area contributed by atoms with E-state index in [0.29, 0.717) is 43.0 Å². The molecule has 2 N–H and O–H groups in total. The molecule has 0 radical (unpaired) electrons. The number of pyridine rings is 1. The summed E-state index contributed by atoms with van der Waals surface area (Å²) in [5, 5.41) is 5.70. The van der Waals surface area contributed by atoms with Crippen LogP contribution in [0, 0.1) is 6.92 Å². The molecule has 17 heteroatoms. The Labute approximate surface area is 227 Å². The van der Waals surface area contributed by atoms with Gasteiger partial charge < -0.3 is 0 Å². The molecule has 1 fully saturated rings. The summed E-state index contributed by atoms with van der Waals surface area (Å²) in [6.45, 7) is 1.40. The SMILES string of the molecule is Cc1nsc(Nc2cnc(C(F)(F)F)cn2)c1C(=O)Nc1ccc(O[I-][C@H]2CCN(CC(F)(F)F)C2)nc1. The van der Waals surface area contributed by atoms with E-state index in [4.69, 9.17) is 3.07 Å². The van der Waals surface area contributed by atoms with E-state index in [-0.39, 0.29) is 20.3 Å². The van der Waals surface area contributed by atoms with E-state index in [1.165, 1.54) is 11.1 Å². The van der Waals surface area contributed by atoms with Crippen molar-refractivity contribution in [3.63, 3.8) is 0 Å². The van der Waals surface area contributed by atoms with Crippen LogP contribution in [-0.2, 0) is 6.18 Å². The topological polar surface area (TPSA) is 105 Å². The molecule has 1 amide bonds. The fourth-order valence-electron chi connectivity index (χ4n) is 3.44. The number of hydrogen-bond donors (Lipinski definition) is 2. The van der Waals surface area contributed by atoms with Crippen LogP contribution in [0.1, 0.15) is 28.2 Å². The van der Waals surface area contributed by atoms with Crippen molar-refractivity contribution in [1.82, 2.24) is 24.2 Å². The zero-order chi connectivity index (χ0) is 27.5. The minimum atomic E-state index is -4.62. The van der Waals surface area contributed by atoms with Crippen LogP contribution in [0.3, 0.4) is 0 Å². The zero-order valence-electron chi connectivity index (χ0n) is 19.4. The summed E-state index contributed by atoms with van der Waals surface area (Å²) in [4.78, 5) is 25.4. The molecule has 3 aromatic heterocycles. The first kappa shape index (κ1) is 28.2. The van der Waals surface area contributed by atoms with Crippen molar-refractivity contribution in [3.05, 3.63) is 47.7 Å². The molecule has 4 heterocycles. The summed E-state index contributed by atoms with van der Waals surface area (Å²) in [6.07, 6.45) is -5.34. The van der Waals surface area contributed by atoms with Crippen LogP contribution in [-0.4, -0.2) is 59.9 Å². The van der Waals surface area contributed by atoms with Gasteiger partial charge in [-0.05, 0) is 0 Å². The van der Waals surface area contributed by atoms with Gasteiger partial charge in [-0.3, -0.25) is 0 Å². The molecular formula is C21H19F6IN7O2S-. The number of carbonyl (C=O) groups excluding carboxylic acids is 1. The summed E-state index contributed by atoms with van der Waals surface area (Å²) in [6, 6.07) is 3.12. The molecule has 9 nitrogen and oxygen atoms in total. The van der Waals surface area contributed by atoms with Gasteiger partial charge in [0.25, 0.3) is 0 Å². The summed E-state index contributed by atoms with van der Waals surface area (Å²) >= 11 is 0.0590. The third-order valence-electron chi connectivity index (χ3n) is 5.14. The molecular weight excluding hydrogens is 655 g/mol. The van der Waals surface area contributed by atoms with Crippen molar-refractivity contribution >= 4 is 33.9 Å². The Morgan fingerprint density at radius 2 is 1.95 bits per heavy atom. The van der Waals surface area contributed by atoms with Crippen molar-refractivity contribution in [2.75, 3.05) is 30.3 Å². The van der Waals surface area contributed by atoms with Crippen LogP contribution >= 0.6 is 11.5 Å². The Balaban J connectivity index is 1.32. The number of rotatable bonds is 8. The molecule has 1 aliphatic heterocycles. The third-order valence-corrected chi connectivity index (χ3v) is 8.43. The fraction of sp³-hybridized carbons (Fsp3) is 0.381. The van der Waals surface area contributed by atoms with E-state index in [0.717, 1.165) is 17.7 Å². The standard InChI is InChI=1S/C21H19F6IN7O2S/c1-11-17(19(38-34-11)33-15-8-29-14(7-30-15)21(25,26)27)18(36)32-13-2-3-16(31-6-13)37-28-12-4-5-35(9-12)10-20(22,23)24/h2-3,6-8,12H,4-5,9-10H2,1H3,(H,30,33)(H,32,36)/q-1/t12-/m0/s1. The number of carbonyl (C=O) groups is 1. The van der Waals surface area contributed by atoms with Crippen molar-refractivity contribution in [3.8, 4) is 5.88 Å². The second-order valence-corrected chi connectivity index (χ2v) is 11.6. The average molecular weight is 674 g/mol. The molecule has 3 aromatic rings. The normalized spacial score (nSPS) is 16.6. The van der Waals surface area contributed by atoms with Gasteiger partial charge in [0.15, 0.2) is 5.69 Å². The number of likely N-dealkylation sites (tertiary alicyclic amines) is 1. The number of hydrogen-bond acceptors (Lipinski definition) is 9. The maximum absolute atomic E-state index is 12.9. The molecule has 0 unspecified atom stereocenters. The Morgan fingerprint density at radius 3 is 2.58 bits per heavy atom. The van der Waals surface area contributed by atoms with Crippen LogP contribution in [0.25, 0.3) is 0 Å². The van der Waals surface area contributed by atoms with Crippen molar-refractivity contribution in [1.29, 1.82) is 0 Å². The van der Waals surface area contributed by atoms with Crippen LogP contribution < -0.4 is 35.3 Å². The molecule has 38 heavy (non-hydrogen) atoms. The number of anilines is 3. The van der Waals surface area contributed by atoms with Crippen molar-refractivity contribution < 1.29 is 55.8 Å². The first-order valence-electron chi connectivity index (χ1n) is 10.9. The summed E-state index contributed by atoms with van der Waals surface area (Å²) in [5.41, 5.74) is -0.227. The number of aromatic nitrogens is 4. The van der Waals surface area contributed by atoms with Gasteiger partial charge in [-0.1, -0.05) is 0 Å². The second kappa shape index (κ2) is 11.5. The van der Waals surface area contributed by atoms with E-state index < -0.39 is 52.1 Å². The summed E-state index contributed by atoms with van der Waals surface area (Å²) < 4.78 is 85.6. The molecule has 0 spiro atoms. The van der Waals surface area contributed by atoms with Crippen molar-refractivity contribution in [2.24, 2.45) is 0 Å². The summed E-state index contributed by atoms with van der Waals surface area (Å²) in [5.74, 6) is -0.218. The van der Waals surface area contributed by atoms with Crippen molar-refractivity contribution in [2.45, 2.75) is 29.6 Å². The van der Waals surface area contributed by atoms with Gasteiger partial charge >= 0.3 is 197 Å². The van der Waals surface area contributed by atoms with Gasteiger partial charge in [-0.25, -0.2) is 4.98 Å². The Morgan fingerprint density at radius 1 is 1.16 bits per heavy atom. The van der Waals surface area contributed by atoms with E-state index in [1.54, 1.807) is 19.1 Å². The number of amides is 1. The van der Waals surface area contributed by atoms with E-state index in [1.807, 2.05) is 0 Å². The number of halogens is 7. The second-order valence-electron chi connectivity index (χ2n) is 8.12. The molecule has 0 saturated carbocycles. The maximum atomic E-state index is 12.9. The van der Waals surface area contributed by atoms with Crippen LogP contribution in [0.4, 0.5) is 42.8 Å². The average Bonchev–Trinajstić information content (AvgIpc) is 3.43. The van der Waals surface area contributed by atoms with Gasteiger partial charge in [0.1, 0.15) is 0 Å². The van der Waals surface area contributed by atoms with Crippen LogP contribution in [0.15, 0.2) is 30.7 Å². The van der Waals surface area contributed by atoms with E-state index in [2.05, 4.69) is 30.0 Å². The summed E-state index contributed by atoms with van der Waals surface area (Å²) in [7, 11) is 0. The predicted molar refractivity (Wildman–Crippen MR) is 121 cm³/mol. The minimum absolute atomic E-state index is 0.00552. The molecule has 4 rings (SSSR count). The van der Waals surface area contributed by atoms with Gasteiger partial charge in [-0.15, -0.1) is 0 Å². The zero-order valence-corrected chi connectivity index (χ0v) is 22.4. The first-order chi connectivity index (χ1) is 17.9. The molecule has 0 aromatic carbocycles. The monoisotopic (exact) mass is 674 g/mol. The molecule has 1 saturated heterocycles. The quantitative estimate of drug-likeness (QED) is 0.212. The third kappa shape index (κ3) is 7.62. The Kier molecular flexibility index (Phi) is 8.55. The molecule has 1 aliphatic rings. The molecule has 1 atom stereocenters. The Bertz CT molecular complexity index is 1250. The van der Waals surface area contributed by atoms with Crippen LogP contribution in [0.5, 0.6) is 5.88 Å². The number of alkyl halides is 7. The molecule has 206 valence electrons. The number of nitrogens with one attached hydrogen (secondary N) is 2. The van der Waals surface area contributed by atoms with E-state index >= 15 is 0 Å². The fourth-order valence-corrected chi connectivity index (χ4v) is 6.37. The first-order valence-corrected chi connectivity index (χ1v) is 13.8. The number of nitrogens with zero attached hydrogens (tertiary/aromatic N) is 5. The Hall–Kier alpha value is -2.80. The van der Waals surface area contributed by atoms with Crippen LogP contribution in [0.2, 0.25) is 0 Å². The van der Waals surface area contributed by atoms with Gasteiger partial charge in [0.2, 0.25) is 0 Å². The predicted octanol–water partition coefficient (Wildman–Crippen LogP) is 1.67. The van der Waals surface area contributed by atoms with E-state index in [9.17, 15) is 31.1 Å². The number of aryl methyl sites for hydroxylation is 1. The molecule has 0 bridgehead atoms. The molecule has 0 aliphatic carbocycles.